The van der Waals surface area contributed by atoms with Crippen LogP contribution in [0.25, 0.3) is 5.57 Å². The minimum Gasteiger partial charge on any atom is -0.382 e. The van der Waals surface area contributed by atoms with Crippen molar-refractivity contribution in [3.05, 3.63) is 34.0 Å². The number of nitrogens with two attached hydrogens (primary N) is 1. The van der Waals surface area contributed by atoms with E-state index >= 15 is 0 Å². The first-order chi connectivity index (χ1) is 16.6. The first-order valence-corrected chi connectivity index (χ1v) is 13.4. The summed E-state index contributed by atoms with van der Waals surface area (Å²) in [5.74, 6) is -0.179. The largest absolute Gasteiger partial charge is 0.382 e. The van der Waals surface area contributed by atoms with Gasteiger partial charge >= 0.3 is 0 Å². The zero-order valence-corrected chi connectivity index (χ0v) is 20.0. The smallest absolute Gasteiger partial charge is 0.260 e. The highest BCUT2D eigenvalue weighted by molar-refractivity contribution is 6.17. The number of allylic oxidation sites excluding steroid dienone is 2. The van der Waals surface area contributed by atoms with Crippen LogP contribution < -0.4 is 26.5 Å². The van der Waals surface area contributed by atoms with Gasteiger partial charge in [-0.15, -0.1) is 0 Å². The molecule has 178 valence electrons. The Morgan fingerprint density at radius 1 is 1.09 bits per heavy atom. The molecule has 0 unspecified atom stereocenters. The zero-order chi connectivity index (χ0) is 23.3. The minimum atomic E-state index is -0.671. The SMILES string of the molecule is N#C/C(C(N)=O)=c1/cc(NC2CCCCC2)cc2c1=N[C@@]13CCCC[C@H]1CC1=C(CCCC1)N23. The monoisotopic (exact) mass is 457 g/mol. The standard InChI is InChI=1S/C28H35N5O/c29-17-23(27(30)34)22-15-21(31-20-10-2-1-3-11-20)16-25-26(22)32-28-13-7-6-9-19(28)14-18-8-4-5-12-24(18)33(25)28/h15-16,19-20,31H,1-14H2,(H2,30,34)/b23-22+/t19-,28+/m0/s1. The van der Waals surface area contributed by atoms with E-state index < -0.39 is 5.91 Å². The van der Waals surface area contributed by atoms with Crippen LogP contribution in [-0.4, -0.2) is 17.6 Å². The van der Waals surface area contributed by atoms with Gasteiger partial charge in [0.25, 0.3) is 5.91 Å². The molecule has 5 aliphatic rings. The topological polar surface area (TPSA) is 94.5 Å². The van der Waals surface area contributed by atoms with Crippen LogP contribution in [-0.2, 0) is 4.79 Å². The highest BCUT2D eigenvalue weighted by Crippen LogP contribution is 2.54. The second kappa shape index (κ2) is 8.45. The van der Waals surface area contributed by atoms with Gasteiger partial charge in [0.2, 0.25) is 0 Å². The van der Waals surface area contributed by atoms with Crippen LogP contribution in [0.4, 0.5) is 11.4 Å². The van der Waals surface area contributed by atoms with Gasteiger partial charge in [0, 0.05) is 28.6 Å². The molecule has 3 N–H and O–H groups in total. The van der Waals surface area contributed by atoms with E-state index in [2.05, 4.69) is 22.4 Å². The molecule has 2 saturated carbocycles. The van der Waals surface area contributed by atoms with Gasteiger partial charge in [-0.1, -0.05) is 31.3 Å². The van der Waals surface area contributed by atoms with Crippen molar-refractivity contribution < 1.29 is 4.79 Å². The van der Waals surface area contributed by atoms with Crippen LogP contribution in [0.5, 0.6) is 0 Å². The maximum Gasteiger partial charge on any atom is 0.260 e. The maximum atomic E-state index is 12.3. The highest BCUT2D eigenvalue weighted by Gasteiger charge is 2.53. The third-order valence-corrected chi connectivity index (χ3v) is 8.94. The Kier molecular flexibility index (Phi) is 5.39. The molecule has 2 aliphatic heterocycles. The van der Waals surface area contributed by atoms with Crippen LogP contribution in [0.2, 0.25) is 0 Å². The molecule has 1 amide bonds. The van der Waals surface area contributed by atoms with Gasteiger partial charge in [-0.25, -0.2) is 0 Å². The molecule has 2 heterocycles. The summed E-state index contributed by atoms with van der Waals surface area (Å²) in [6, 6.07) is 6.75. The van der Waals surface area contributed by atoms with E-state index in [-0.39, 0.29) is 11.2 Å². The third kappa shape index (κ3) is 3.35. The lowest BCUT2D eigenvalue weighted by atomic mass is 9.70. The average molecular weight is 458 g/mol. The summed E-state index contributed by atoms with van der Waals surface area (Å²) in [4.78, 5) is 20.3. The first-order valence-electron chi connectivity index (χ1n) is 13.4. The lowest BCUT2D eigenvalue weighted by Gasteiger charge is -2.52. The van der Waals surface area contributed by atoms with E-state index in [1.807, 2.05) is 6.07 Å². The molecule has 34 heavy (non-hydrogen) atoms. The van der Waals surface area contributed by atoms with Gasteiger partial charge < -0.3 is 16.0 Å². The van der Waals surface area contributed by atoms with Crippen molar-refractivity contribution in [2.24, 2.45) is 16.6 Å². The number of rotatable bonds is 3. The molecule has 2 fully saturated rings. The van der Waals surface area contributed by atoms with E-state index in [9.17, 15) is 10.1 Å². The second-order valence-corrected chi connectivity index (χ2v) is 11.0. The number of amides is 1. The van der Waals surface area contributed by atoms with Crippen molar-refractivity contribution in [2.75, 3.05) is 10.2 Å². The summed E-state index contributed by atoms with van der Waals surface area (Å²) in [6.07, 6.45) is 16.7. The molecule has 6 rings (SSSR count). The fourth-order valence-electron chi connectivity index (χ4n) is 7.40. The fourth-order valence-corrected chi connectivity index (χ4v) is 7.40. The summed E-state index contributed by atoms with van der Waals surface area (Å²) in [5.41, 5.74) is 10.6. The highest BCUT2D eigenvalue weighted by atomic mass is 16.1. The summed E-state index contributed by atoms with van der Waals surface area (Å²) in [5, 5.41) is 15.1. The number of nitrogens with one attached hydrogen (secondary N) is 1. The van der Waals surface area contributed by atoms with E-state index in [4.69, 9.17) is 10.7 Å². The van der Waals surface area contributed by atoms with Gasteiger partial charge in [0.05, 0.1) is 11.0 Å². The van der Waals surface area contributed by atoms with Gasteiger partial charge in [-0.3, -0.25) is 9.79 Å². The quantitative estimate of drug-likeness (QED) is 0.713. The number of carbonyl (C=O) groups excluding carboxylic acids is 1. The van der Waals surface area contributed by atoms with Gasteiger partial charge in [-0.05, 0) is 76.3 Å². The summed E-state index contributed by atoms with van der Waals surface area (Å²) < 4.78 is 0. The number of hydrogen-bond acceptors (Lipinski definition) is 5. The molecule has 2 atom stereocenters. The van der Waals surface area contributed by atoms with Crippen LogP contribution in [0.1, 0.15) is 89.9 Å². The van der Waals surface area contributed by atoms with E-state index in [1.165, 1.54) is 63.5 Å². The van der Waals surface area contributed by atoms with Gasteiger partial charge in [0.15, 0.2) is 0 Å². The molecule has 1 spiro atoms. The average Bonchev–Trinajstić information content (AvgIpc) is 3.18. The number of fused-ring (bicyclic) bond motifs is 3. The number of benzene rings is 1. The molecule has 3 aliphatic carbocycles. The van der Waals surface area contributed by atoms with Crippen LogP contribution in [0.3, 0.4) is 0 Å². The predicted octanol–water partition coefficient (Wildman–Crippen LogP) is 4.15. The molecule has 0 saturated heterocycles. The zero-order valence-electron chi connectivity index (χ0n) is 20.0. The van der Waals surface area contributed by atoms with Crippen LogP contribution in [0.15, 0.2) is 28.4 Å². The second-order valence-electron chi connectivity index (χ2n) is 11.0. The number of nitriles is 1. The van der Waals surface area contributed by atoms with Crippen molar-refractivity contribution in [1.29, 1.82) is 5.26 Å². The van der Waals surface area contributed by atoms with Crippen LogP contribution in [0, 0.1) is 17.2 Å². The lowest BCUT2D eigenvalue weighted by Crippen LogP contribution is -2.55. The number of primary amides is 1. The molecule has 0 bridgehead atoms. The lowest BCUT2D eigenvalue weighted by molar-refractivity contribution is -0.112. The predicted molar refractivity (Wildman–Crippen MR) is 133 cm³/mol. The Labute approximate surface area is 201 Å². The van der Waals surface area contributed by atoms with Crippen molar-refractivity contribution in [3.63, 3.8) is 0 Å². The fraction of sp³-hybridized carbons (Fsp3) is 0.607. The van der Waals surface area contributed by atoms with E-state index in [0.29, 0.717) is 17.2 Å². The molecular weight excluding hydrogens is 422 g/mol. The minimum absolute atomic E-state index is 0.0220. The summed E-state index contributed by atoms with van der Waals surface area (Å²) >= 11 is 0. The van der Waals surface area contributed by atoms with Crippen molar-refractivity contribution in [2.45, 2.75) is 102 Å². The molecule has 6 nitrogen and oxygen atoms in total. The molecule has 0 aromatic heterocycles. The number of carbonyl (C=O) groups is 1. The number of nitrogens with zero attached hydrogens (tertiary/aromatic N) is 3. The Morgan fingerprint density at radius 2 is 1.88 bits per heavy atom. The third-order valence-electron chi connectivity index (χ3n) is 8.94. The molecular formula is C28H35N5O. The Morgan fingerprint density at radius 3 is 2.68 bits per heavy atom. The first kappa shape index (κ1) is 21.7. The van der Waals surface area contributed by atoms with Crippen molar-refractivity contribution >= 4 is 22.9 Å². The van der Waals surface area contributed by atoms with Crippen molar-refractivity contribution in [3.8, 4) is 6.07 Å². The van der Waals surface area contributed by atoms with E-state index in [0.717, 1.165) is 48.8 Å². The van der Waals surface area contributed by atoms with Crippen molar-refractivity contribution in [1.82, 2.24) is 0 Å². The molecule has 1 aromatic carbocycles. The van der Waals surface area contributed by atoms with Crippen LogP contribution >= 0.6 is 0 Å². The normalized spacial score (nSPS) is 29.1. The Balaban J connectivity index is 1.59. The van der Waals surface area contributed by atoms with E-state index in [1.54, 1.807) is 5.57 Å². The Bertz CT molecular complexity index is 1220. The van der Waals surface area contributed by atoms with Gasteiger partial charge in [0.1, 0.15) is 17.3 Å². The molecule has 1 aromatic rings. The maximum absolute atomic E-state index is 12.3. The number of hydrogen-bond donors (Lipinski definition) is 2. The summed E-state index contributed by atoms with van der Waals surface area (Å²) in [7, 11) is 0. The van der Waals surface area contributed by atoms with Gasteiger partial charge in [-0.2, -0.15) is 5.26 Å². The molecule has 0 radical (unpaired) electrons. The summed E-state index contributed by atoms with van der Waals surface area (Å²) in [6.45, 7) is 0. The Hall–Kier alpha value is -2.81. The molecule has 6 heteroatoms. The number of anilines is 2.